The van der Waals surface area contributed by atoms with E-state index in [1.807, 2.05) is 55.5 Å². The summed E-state index contributed by atoms with van der Waals surface area (Å²) >= 11 is 14.3. The molecule has 0 bridgehead atoms. The minimum atomic E-state index is -0.0856. The fourth-order valence-electron chi connectivity index (χ4n) is 2.89. The van der Waals surface area contributed by atoms with Gasteiger partial charge in [0.25, 0.3) is 0 Å². The van der Waals surface area contributed by atoms with E-state index in [2.05, 4.69) is 18.5 Å². The van der Waals surface area contributed by atoms with Gasteiger partial charge in [-0.25, -0.2) is 0 Å². The number of aryl methyl sites for hydroxylation is 1. The summed E-state index contributed by atoms with van der Waals surface area (Å²) in [5.41, 5.74) is 4.18. The maximum Gasteiger partial charge on any atom is 0.230 e. The summed E-state index contributed by atoms with van der Waals surface area (Å²) in [6, 6.07) is 13.5. The minimum Gasteiger partial charge on any atom is -0.355 e. The molecule has 0 radical (unpaired) electrons. The number of carbonyl (C=O) groups is 1. The van der Waals surface area contributed by atoms with Gasteiger partial charge in [-0.3, -0.25) is 4.79 Å². The molecule has 2 nitrogen and oxygen atoms in total. The van der Waals surface area contributed by atoms with E-state index in [1.54, 1.807) is 23.9 Å². The monoisotopic (exact) mass is 445 g/mol. The smallest absolute Gasteiger partial charge is 0.230 e. The van der Waals surface area contributed by atoms with Crippen molar-refractivity contribution < 1.29 is 4.79 Å². The van der Waals surface area contributed by atoms with E-state index in [-0.39, 0.29) is 11.2 Å². The number of thioether (sulfide) groups is 1. The van der Waals surface area contributed by atoms with Crippen molar-refractivity contribution in [3.8, 4) is 0 Å². The lowest BCUT2D eigenvalue weighted by Gasteiger charge is -2.21. The van der Waals surface area contributed by atoms with Gasteiger partial charge in [0, 0.05) is 16.6 Å². The van der Waals surface area contributed by atoms with Gasteiger partial charge in [0.1, 0.15) is 0 Å². The van der Waals surface area contributed by atoms with Crippen molar-refractivity contribution in [3.05, 3.63) is 106 Å². The number of hydrogen-bond acceptors (Lipinski definition) is 2. The van der Waals surface area contributed by atoms with Gasteiger partial charge in [-0.2, -0.15) is 0 Å². The van der Waals surface area contributed by atoms with Gasteiger partial charge in [-0.05, 0) is 53.8 Å². The Kier molecular flexibility index (Phi) is 9.59. The van der Waals surface area contributed by atoms with Crippen molar-refractivity contribution in [2.24, 2.45) is 0 Å². The van der Waals surface area contributed by atoms with Gasteiger partial charge in [-0.1, -0.05) is 78.9 Å². The Bertz CT molecular complexity index is 908. The summed E-state index contributed by atoms with van der Waals surface area (Å²) in [4.78, 5) is 12.4. The second-order valence-corrected chi connectivity index (χ2v) is 8.43. The van der Waals surface area contributed by atoms with Crippen LogP contribution in [-0.4, -0.2) is 18.2 Å². The summed E-state index contributed by atoms with van der Waals surface area (Å²) < 4.78 is 0. The molecule has 0 heterocycles. The summed E-state index contributed by atoms with van der Waals surface area (Å²) in [5.74, 6) is 0.296. The molecule has 2 aromatic rings. The van der Waals surface area contributed by atoms with Crippen LogP contribution in [0.25, 0.3) is 0 Å². The average molecular weight is 446 g/mol. The second kappa shape index (κ2) is 11.9. The first-order chi connectivity index (χ1) is 14.0. The van der Waals surface area contributed by atoms with Crippen LogP contribution < -0.4 is 5.32 Å². The topological polar surface area (TPSA) is 29.1 Å². The highest BCUT2D eigenvalue weighted by Gasteiger charge is 2.21. The molecule has 5 heteroatoms. The van der Waals surface area contributed by atoms with Crippen LogP contribution in [0.15, 0.2) is 79.4 Å². The molecule has 0 fully saturated rings. The van der Waals surface area contributed by atoms with Gasteiger partial charge in [0.15, 0.2) is 0 Å². The van der Waals surface area contributed by atoms with E-state index in [4.69, 9.17) is 23.2 Å². The Hall–Kier alpha value is -1.94. The van der Waals surface area contributed by atoms with Crippen LogP contribution in [0.1, 0.15) is 28.4 Å². The van der Waals surface area contributed by atoms with E-state index in [1.165, 1.54) is 0 Å². The number of nitrogens with one attached hydrogen (secondary N) is 1. The molecule has 0 spiro atoms. The Morgan fingerprint density at radius 3 is 2.62 bits per heavy atom. The van der Waals surface area contributed by atoms with Crippen molar-refractivity contribution in [3.63, 3.8) is 0 Å². The van der Waals surface area contributed by atoms with Crippen LogP contribution in [0.3, 0.4) is 0 Å². The van der Waals surface area contributed by atoms with Crippen LogP contribution in [0, 0.1) is 6.92 Å². The molecule has 0 aromatic heterocycles. The van der Waals surface area contributed by atoms with Gasteiger partial charge in [0.2, 0.25) is 5.91 Å². The minimum absolute atomic E-state index is 0.0197. The first-order valence-corrected chi connectivity index (χ1v) is 11.1. The fraction of sp³-hybridized carbons (Fsp3) is 0.208. The molecule has 2 rings (SSSR count). The third kappa shape index (κ3) is 7.11. The highest BCUT2D eigenvalue weighted by atomic mass is 35.5. The molecule has 0 saturated heterocycles. The molecule has 29 heavy (non-hydrogen) atoms. The van der Waals surface area contributed by atoms with Gasteiger partial charge in [0.05, 0.1) is 11.0 Å². The van der Waals surface area contributed by atoms with Crippen molar-refractivity contribution in [2.75, 3.05) is 12.3 Å². The Morgan fingerprint density at radius 1 is 1.17 bits per heavy atom. The van der Waals surface area contributed by atoms with Crippen LogP contribution in [0.2, 0.25) is 10.0 Å². The van der Waals surface area contributed by atoms with Crippen LogP contribution >= 0.6 is 35.0 Å². The molecular weight excluding hydrogens is 421 g/mol. The quantitative estimate of drug-likeness (QED) is 0.401. The first kappa shape index (κ1) is 23.3. The number of halogens is 2. The predicted octanol–water partition coefficient (Wildman–Crippen LogP) is 6.93. The molecule has 1 N–H and O–H groups in total. The SMILES string of the molecule is C=C/C=C(\C=C)CCNC(=O)CSC(c1cc(Cl)ccc1C)c1ccccc1Cl. The maximum atomic E-state index is 12.4. The average Bonchev–Trinajstić information content (AvgIpc) is 2.71. The summed E-state index contributed by atoms with van der Waals surface area (Å²) in [7, 11) is 0. The molecule has 2 aromatic carbocycles. The Labute approximate surface area is 187 Å². The lowest BCUT2D eigenvalue weighted by atomic mass is 10.00. The molecule has 0 saturated carbocycles. The van der Waals surface area contributed by atoms with Gasteiger partial charge in [-0.15, -0.1) is 11.8 Å². The van der Waals surface area contributed by atoms with Crippen LogP contribution in [0.4, 0.5) is 0 Å². The second-order valence-electron chi connectivity index (χ2n) is 6.49. The number of amides is 1. The van der Waals surface area contributed by atoms with E-state index < -0.39 is 0 Å². The molecule has 1 amide bonds. The molecule has 152 valence electrons. The molecule has 1 atom stereocenters. The number of carbonyl (C=O) groups excluding carboxylic acids is 1. The standard InChI is InChI=1S/C24H25Cl2NOS/c1-4-8-18(5-2)13-14-27-23(28)16-29-24(20-9-6-7-10-22(20)26)21-15-19(25)12-11-17(21)3/h4-12,15,24H,1-2,13-14,16H2,3H3,(H,27,28)/b18-8+. The van der Waals surface area contributed by atoms with E-state index in [0.29, 0.717) is 28.8 Å². The van der Waals surface area contributed by atoms with Gasteiger partial charge < -0.3 is 5.32 Å². The first-order valence-electron chi connectivity index (χ1n) is 9.29. The highest BCUT2D eigenvalue weighted by Crippen LogP contribution is 2.41. The van der Waals surface area contributed by atoms with Crippen LogP contribution in [0.5, 0.6) is 0 Å². The van der Waals surface area contributed by atoms with Crippen LogP contribution in [-0.2, 0) is 4.79 Å². The summed E-state index contributed by atoms with van der Waals surface area (Å²) in [6.45, 7) is 10.0. The predicted molar refractivity (Wildman–Crippen MR) is 128 cm³/mol. The zero-order chi connectivity index (χ0) is 21.2. The van der Waals surface area contributed by atoms with E-state index >= 15 is 0 Å². The Balaban J connectivity index is 2.11. The molecular formula is C24H25Cl2NOS. The fourth-order valence-corrected chi connectivity index (χ4v) is 4.62. The van der Waals surface area contributed by atoms with E-state index in [9.17, 15) is 4.79 Å². The lowest BCUT2D eigenvalue weighted by Crippen LogP contribution is -2.26. The molecule has 0 aliphatic carbocycles. The third-order valence-corrected chi connectivity index (χ3v) is 6.27. The van der Waals surface area contributed by atoms with E-state index in [0.717, 1.165) is 22.3 Å². The largest absolute Gasteiger partial charge is 0.355 e. The van der Waals surface area contributed by atoms with Crippen molar-refractivity contribution in [1.82, 2.24) is 5.32 Å². The number of hydrogen-bond donors (Lipinski definition) is 1. The number of benzene rings is 2. The van der Waals surface area contributed by atoms with Gasteiger partial charge >= 0.3 is 0 Å². The zero-order valence-electron chi connectivity index (χ0n) is 16.5. The number of rotatable bonds is 10. The summed E-state index contributed by atoms with van der Waals surface area (Å²) in [6.07, 6.45) is 6.10. The highest BCUT2D eigenvalue weighted by molar-refractivity contribution is 8.00. The summed E-state index contributed by atoms with van der Waals surface area (Å²) in [5, 5.41) is 4.22. The lowest BCUT2D eigenvalue weighted by molar-refractivity contribution is -0.118. The Morgan fingerprint density at radius 2 is 1.93 bits per heavy atom. The molecule has 0 aliphatic heterocycles. The maximum absolute atomic E-state index is 12.4. The normalized spacial score (nSPS) is 12.3. The zero-order valence-corrected chi connectivity index (χ0v) is 18.8. The third-order valence-electron chi connectivity index (χ3n) is 4.42. The molecule has 0 aliphatic rings. The van der Waals surface area contributed by atoms with Crippen molar-refractivity contribution in [2.45, 2.75) is 18.6 Å². The molecule has 1 unspecified atom stereocenters. The van der Waals surface area contributed by atoms with Crippen molar-refractivity contribution in [1.29, 1.82) is 0 Å². The van der Waals surface area contributed by atoms with Crippen molar-refractivity contribution >= 4 is 40.9 Å². The number of allylic oxidation sites excluding steroid dienone is 3.